The summed E-state index contributed by atoms with van der Waals surface area (Å²) in [5, 5.41) is 9.66. The fourth-order valence-electron chi connectivity index (χ4n) is 1.97. The van der Waals surface area contributed by atoms with E-state index in [2.05, 4.69) is 4.98 Å². The number of imidazole rings is 1. The molecule has 16 heavy (non-hydrogen) atoms. The van der Waals surface area contributed by atoms with Gasteiger partial charge < -0.3 is 15.4 Å². The summed E-state index contributed by atoms with van der Waals surface area (Å²) in [7, 11) is 0. The van der Waals surface area contributed by atoms with Crippen LogP contribution in [0.15, 0.2) is 18.2 Å². The van der Waals surface area contributed by atoms with Crippen LogP contribution in [0.1, 0.15) is 31.3 Å². The SMILES string of the molecule is CCn1c([C@H](C)O)nc2cc(CN)ccc21. The maximum absolute atomic E-state index is 9.66. The molecule has 2 aromatic rings. The van der Waals surface area contributed by atoms with Gasteiger partial charge in [-0.25, -0.2) is 4.98 Å². The minimum atomic E-state index is -0.548. The van der Waals surface area contributed by atoms with E-state index in [9.17, 15) is 5.11 Å². The Labute approximate surface area is 94.7 Å². The number of nitrogens with two attached hydrogens (primary N) is 1. The quantitative estimate of drug-likeness (QED) is 0.823. The number of fused-ring (bicyclic) bond motifs is 1. The Morgan fingerprint density at radius 3 is 2.81 bits per heavy atom. The summed E-state index contributed by atoms with van der Waals surface area (Å²) in [5.41, 5.74) is 8.61. The van der Waals surface area contributed by atoms with Crippen molar-refractivity contribution in [1.82, 2.24) is 9.55 Å². The van der Waals surface area contributed by atoms with Crippen LogP contribution in [0.4, 0.5) is 0 Å². The number of hydrogen-bond acceptors (Lipinski definition) is 3. The summed E-state index contributed by atoms with van der Waals surface area (Å²) in [6.07, 6.45) is -0.548. The molecule has 0 spiro atoms. The maximum Gasteiger partial charge on any atom is 0.138 e. The highest BCUT2D eigenvalue weighted by Gasteiger charge is 2.13. The molecular formula is C12H17N3O. The van der Waals surface area contributed by atoms with Crippen LogP contribution in [0.3, 0.4) is 0 Å². The lowest BCUT2D eigenvalue weighted by Crippen LogP contribution is -2.04. The van der Waals surface area contributed by atoms with Crippen molar-refractivity contribution in [2.24, 2.45) is 5.73 Å². The van der Waals surface area contributed by atoms with Crippen molar-refractivity contribution in [3.63, 3.8) is 0 Å². The van der Waals surface area contributed by atoms with Crippen LogP contribution in [0.2, 0.25) is 0 Å². The molecule has 2 rings (SSSR count). The van der Waals surface area contributed by atoms with E-state index >= 15 is 0 Å². The van der Waals surface area contributed by atoms with Gasteiger partial charge in [-0.15, -0.1) is 0 Å². The second kappa shape index (κ2) is 4.23. The number of benzene rings is 1. The van der Waals surface area contributed by atoms with Crippen LogP contribution in [0, 0.1) is 0 Å². The van der Waals surface area contributed by atoms with Gasteiger partial charge in [0.2, 0.25) is 0 Å². The Morgan fingerprint density at radius 1 is 1.50 bits per heavy atom. The summed E-state index contributed by atoms with van der Waals surface area (Å²) < 4.78 is 2.03. The number of aromatic nitrogens is 2. The van der Waals surface area contributed by atoms with Crippen molar-refractivity contribution in [2.75, 3.05) is 0 Å². The molecule has 0 amide bonds. The Kier molecular flexibility index (Phi) is 2.94. The number of aliphatic hydroxyl groups is 1. The third-order valence-electron chi connectivity index (χ3n) is 2.77. The monoisotopic (exact) mass is 219 g/mol. The molecule has 0 radical (unpaired) electrons. The first-order valence-electron chi connectivity index (χ1n) is 5.54. The summed E-state index contributed by atoms with van der Waals surface area (Å²) >= 11 is 0. The van der Waals surface area contributed by atoms with Crippen LogP contribution < -0.4 is 5.73 Å². The van der Waals surface area contributed by atoms with Gasteiger partial charge in [0.15, 0.2) is 0 Å². The summed E-state index contributed by atoms with van der Waals surface area (Å²) in [6.45, 7) is 5.10. The first-order valence-corrected chi connectivity index (χ1v) is 5.54. The molecular weight excluding hydrogens is 202 g/mol. The lowest BCUT2D eigenvalue weighted by molar-refractivity contribution is 0.184. The molecule has 3 N–H and O–H groups in total. The van der Waals surface area contributed by atoms with Gasteiger partial charge >= 0.3 is 0 Å². The predicted octanol–water partition coefficient (Wildman–Crippen LogP) is 1.57. The third-order valence-corrected chi connectivity index (χ3v) is 2.77. The summed E-state index contributed by atoms with van der Waals surface area (Å²) in [5.74, 6) is 0.715. The third kappa shape index (κ3) is 1.70. The Balaban J connectivity index is 2.66. The lowest BCUT2D eigenvalue weighted by Gasteiger charge is -2.07. The van der Waals surface area contributed by atoms with Crippen molar-refractivity contribution in [3.8, 4) is 0 Å². The van der Waals surface area contributed by atoms with Crippen LogP contribution in [-0.4, -0.2) is 14.7 Å². The second-order valence-electron chi connectivity index (χ2n) is 3.92. The predicted molar refractivity (Wildman–Crippen MR) is 63.9 cm³/mol. The number of aryl methyl sites for hydroxylation is 1. The fourth-order valence-corrected chi connectivity index (χ4v) is 1.97. The van der Waals surface area contributed by atoms with Crippen molar-refractivity contribution in [3.05, 3.63) is 29.6 Å². The number of nitrogens with zero attached hydrogens (tertiary/aromatic N) is 2. The number of hydrogen-bond donors (Lipinski definition) is 2. The minimum Gasteiger partial charge on any atom is -0.385 e. The Hall–Kier alpha value is -1.39. The van der Waals surface area contributed by atoms with Crippen molar-refractivity contribution >= 4 is 11.0 Å². The summed E-state index contributed by atoms with van der Waals surface area (Å²) in [4.78, 5) is 4.45. The molecule has 0 aliphatic rings. The Bertz CT molecular complexity index is 502. The maximum atomic E-state index is 9.66. The molecule has 1 aromatic heterocycles. The van der Waals surface area contributed by atoms with Crippen LogP contribution in [0.25, 0.3) is 11.0 Å². The largest absolute Gasteiger partial charge is 0.385 e. The molecule has 0 bridgehead atoms. The normalized spacial score (nSPS) is 13.2. The number of rotatable bonds is 3. The van der Waals surface area contributed by atoms with Gasteiger partial charge in [-0.05, 0) is 31.5 Å². The summed E-state index contributed by atoms with van der Waals surface area (Å²) in [6, 6.07) is 6.00. The highest BCUT2D eigenvalue weighted by molar-refractivity contribution is 5.77. The van der Waals surface area contributed by atoms with Crippen molar-refractivity contribution in [2.45, 2.75) is 33.0 Å². The average molecular weight is 219 g/mol. The van der Waals surface area contributed by atoms with Gasteiger partial charge in [0.05, 0.1) is 11.0 Å². The van der Waals surface area contributed by atoms with Gasteiger partial charge in [0.1, 0.15) is 11.9 Å². The highest BCUT2D eigenvalue weighted by atomic mass is 16.3. The topological polar surface area (TPSA) is 64.1 Å². The van der Waals surface area contributed by atoms with Crippen LogP contribution >= 0.6 is 0 Å². The van der Waals surface area contributed by atoms with Gasteiger partial charge in [-0.2, -0.15) is 0 Å². The molecule has 0 unspecified atom stereocenters. The molecule has 86 valence electrons. The standard InChI is InChI=1S/C12H17N3O/c1-3-15-11-5-4-9(7-13)6-10(11)14-12(15)8(2)16/h4-6,8,16H,3,7,13H2,1-2H3/t8-/m0/s1. The van der Waals surface area contributed by atoms with Crippen molar-refractivity contribution in [1.29, 1.82) is 0 Å². The van der Waals surface area contributed by atoms with E-state index in [1.165, 1.54) is 0 Å². The van der Waals surface area contributed by atoms with E-state index in [-0.39, 0.29) is 0 Å². The zero-order valence-corrected chi connectivity index (χ0v) is 9.64. The fraction of sp³-hybridized carbons (Fsp3) is 0.417. The van der Waals surface area contributed by atoms with E-state index in [1.54, 1.807) is 6.92 Å². The zero-order chi connectivity index (χ0) is 11.7. The first kappa shape index (κ1) is 11.1. The van der Waals surface area contributed by atoms with Crippen LogP contribution in [-0.2, 0) is 13.1 Å². The molecule has 0 fully saturated rings. The van der Waals surface area contributed by atoms with Gasteiger partial charge in [-0.3, -0.25) is 0 Å². The smallest absolute Gasteiger partial charge is 0.138 e. The minimum absolute atomic E-state index is 0.513. The molecule has 4 nitrogen and oxygen atoms in total. The average Bonchev–Trinajstić information content (AvgIpc) is 2.66. The van der Waals surface area contributed by atoms with Gasteiger partial charge in [-0.1, -0.05) is 6.07 Å². The van der Waals surface area contributed by atoms with E-state index in [1.807, 2.05) is 29.7 Å². The molecule has 0 aliphatic carbocycles. The number of aliphatic hydroxyl groups excluding tert-OH is 1. The van der Waals surface area contributed by atoms with Gasteiger partial charge in [0.25, 0.3) is 0 Å². The van der Waals surface area contributed by atoms with E-state index in [0.29, 0.717) is 12.4 Å². The molecule has 4 heteroatoms. The lowest BCUT2D eigenvalue weighted by atomic mass is 10.2. The van der Waals surface area contributed by atoms with Crippen molar-refractivity contribution < 1.29 is 5.11 Å². The molecule has 0 aliphatic heterocycles. The highest BCUT2D eigenvalue weighted by Crippen LogP contribution is 2.21. The molecule has 1 heterocycles. The zero-order valence-electron chi connectivity index (χ0n) is 9.64. The van der Waals surface area contributed by atoms with Crippen LogP contribution in [0.5, 0.6) is 0 Å². The van der Waals surface area contributed by atoms with Gasteiger partial charge in [0, 0.05) is 13.1 Å². The molecule has 0 saturated heterocycles. The van der Waals surface area contributed by atoms with E-state index < -0.39 is 6.10 Å². The molecule has 1 aromatic carbocycles. The Morgan fingerprint density at radius 2 is 2.25 bits per heavy atom. The molecule has 0 saturated carbocycles. The first-order chi connectivity index (χ1) is 7.67. The van der Waals surface area contributed by atoms with E-state index in [4.69, 9.17) is 5.73 Å². The van der Waals surface area contributed by atoms with E-state index in [0.717, 1.165) is 23.1 Å². The second-order valence-corrected chi connectivity index (χ2v) is 3.92. The molecule has 1 atom stereocenters.